The van der Waals surface area contributed by atoms with Gasteiger partial charge in [-0.2, -0.15) is 5.26 Å². The van der Waals surface area contributed by atoms with Gasteiger partial charge in [-0.25, -0.2) is 4.39 Å². The quantitative estimate of drug-likeness (QED) is 0.797. The number of rotatable bonds is 1. The van der Waals surface area contributed by atoms with Crippen LogP contribution in [0.5, 0.6) is 0 Å². The van der Waals surface area contributed by atoms with Crippen molar-refractivity contribution in [3.63, 3.8) is 0 Å². The summed E-state index contributed by atoms with van der Waals surface area (Å²) in [7, 11) is 0. The average molecular weight is 313 g/mol. The fourth-order valence-electron chi connectivity index (χ4n) is 2.38. The van der Waals surface area contributed by atoms with Gasteiger partial charge in [-0.1, -0.05) is 17.7 Å². The van der Waals surface area contributed by atoms with E-state index in [0.29, 0.717) is 21.8 Å². The molecular weight excluding hydrogens is 303 g/mol. The predicted octanol–water partition coefficient (Wildman–Crippen LogP) is 4.04. The van der Waals surface area contributed by atoms with E-state index in [1.165, 1.54) is 23.1 Å². The molecule has 22 heavy (non-hydrogen) atoms. The van der Waals surface area contributed by atoms with Crippen LogP contribution < -0.4 is 4.90 Å². The Balaban J connectivity index is 2.07. The number of anilines is 1. The van der Waals surface area contributed by atoms with Crippen LogP contribution in [0.25, 0.3) is 6.08 Å². The summed E-state index contributed by atoms with van der Waals surface area (Å²) in [6, 6.07) is 11.9. The highest BCUT2D eigenvalue weighted by molar-refractivity contribution is 6.30. The summed E-state index contributed by atoms with van der Waals surface area (Å²) in [5.74, 6) is -0.724. The van der Waals surface area contributed by atoms with E-state index in [-0.39, 0.29) is 5.91 Å². The first-order chi connectivity index (χ1) is 10.6. The molecule has 1 unspecified atom stereocenters. The second-order valence-corrected chi connectivity index (χ2v) is 5.25. The van der Waals surface area contributed by atoms with Gasteiger partial charge >= 0.3 is 0 Å². The van der Waals surface area contributed by atoms with Crippen LogP contribution in [0.3, 0.4) is 0 Å². The Bertz CT molecular complexity index is 808. The van der Waals surface area contributed by atoms with Crippen LogP contribution >= 0.6 is 11.6 Å². The third-order valence-electron chi connectivity index (χ3n) is 3.43. The third-order valence-corrected chi connectivity index (χ3v) is 3.68. The Labute approximate surface area is 131 Å². The van der Waals surface area contributed by atoms with E-state index in [1.807, 2.05) is 0 Å². The van der Waals surface area contributed by atoms with E-state index in [9.17, 15) is 14.4 Å². The van der Waals surface area contributed by atoms with Gasteiger partial charge in [-0.3, -0.25) is 9.69 Å². The van der Waals surface area contributed by atoms with Gasteiger partial charge < -0.3 is 0 Å². The number of fused-ring (bicyclic) bond motifs is 1. The largest absolute Gasteiger partial charge is 0.288 e. The van der Waals surface area contributed by atoms with Crippen molar-refractivity contribution in [1.82, 2.24) is 0 Å². The number of carbonyl (C=O) groups is 1. The topological polar surface area (TPSA) is 44.1 Å². The molecule has 0 aromatic heterocycles. The van der Waals surface area contributed by atoms with Crippen molar-refractivity contribution in [1.29, 1.82) is 5.26 Å². The number of nitriles is 1. The van der Waals surface area contributed by atoms with Crippen molar-refractivity contribution in [2.24, 2.45) is 0 Å². The maximum Gasteiger partial charge on any atom is 0.259 e. The molecule has 0 N–H and O–H groups in total. The summed E-state index contributed by atoms with van der Waals surface area (Å²) in [6.07, 6.45) is 3.23. The summed E-state index contributed by atoms with van der Waals surface area (Å²) < 4.78 is 13.4. The van der Waals surface area contributed by atoms with Gasteiger partial charge in [0.05, 0.1) is 11.8 Å². The SMILES string of the molecule is N#CC1C=Cc2cc(F)ccc2N1C(=O)c1ccc(Cl)cc1. The second-order valence-electron chi connectivity index (χ2n) is 4.82. The summed E-state index contributed by atoms with van der Waals surface area (Å²) in [5.41, 5.74) is 1.49. The highest BCUT2D eigenvalue weighted by Gasteiger charge is 2.29. The zero-order chi connectivity index (χ0) is 15.7. The molecule has 0 radical (unpaired) electrons. The van der Waals surface area contributed by atoms with Gasteiger partial charge in [-0.05, 0) is 48.5 Å². The Hall–Kier alpha value is -2.64. The molecule has 0 bridgehead atoms. The van der Waals surface area contributed by atoms with Crippen molar-refractivity contribution >= 4 is 29.3 Å². The van der Waals surface area contributed by atoms with Crippen molar-refractivity contribution in [3.8, 4) is 6.07 Å². The van der Waals surface area contributed by atoms with E-state index >= 15 is 0 Å². The van der Waals surface area contributed by atoms with Gasteiger partial charge in [0.25, 0.3) is 5.91 Å². The van der Waals surface area contributed by atoms with E-state index in [4.69, 9.17) is 11.6 Å². The lowest BCUT2D eigenvalue weighted by Crippen LogP contribution is -2.40. The molecule has 3 rings (SSSR count). The number of carbonyl (C=O) groups excluding carboxylic acids is 1. The molecule has 1 aliphatic heterocycles. The monoisotopic (exact) mass is 312 g/mol. The lowest BCUT2D eigenvalue weighted by molar-refractivity contribution is 0.0985. The predicted molar refractivity (Wildman–Crippen MR) is 83.1 cm³/mol. The lowest BCUT2D eigenvalue weighted by Gasteiger charge is -2.30. The minimum atomic E-state index is -0.735. The Morgan fingerprint density at radius 1 is 1.23 bits per heavy atom. The maximum absolute atomic E-state index is 13.4. The van der Waals surface area contributed by atoms with Gasteiger partial charge in [-0.15, -0.1) is 0 Å². The zero-order valence-corrected chi connectivity index (χ0v) is 12.1. The number of benzene rings is 2. The van der Waals surface area contributed by atoms with Crippen LogP contribution in [-0.4, -0.2) is 11.9 Å². The van der Waals surface area contributed by atoms with Crippen LogP contribution in [0.2, 0.25) is 5.02 Å². The van der Waals surface area contributed by atoms with Crippen molar-refractivity contribution in [2.45, 2.75) is 6.04 Å². The molecule has 0 spiro atoms. The Kier molecular flexibility index (Phi) is 3.66. The molecule has 0 fully saturated rings. The van der Waals surface area contributed by atoms with Crippen LogP contribution in [0.15, 0.2) is 48.5 Å². The first-order valence-corrected chi connectivity index (χ1v) is 6.94. The van der Waals surface area contributed by atoms with Gasteiger partial charge in [0.1, 0.15) is 11.9 Å². The number of nitrogens with zero attached hydrogens (tertiary/aromatic N) is 2. The van der Waals surface area contributed by atoms with Crippen LogP contribution in [-0.2, 0) is 0 Å². The van der Waals surface area contributed by atoms with Crippen molar-refractivity contribution in [3.05, 3.63) is 70.5 Å². The van der Waals surface area contributed by atoms with Crippen LogP contribution in [0.4, 0.5) is 10.1 Å². The molecule has 0 saturated heterocycles. The standard InChI is InChI=1S/C17H10ClFN2O/c18-13-4-1-11(2-5-13)17(22)21-15(10-20)7-3-12-9-14(19)6-8-16(12)21/h1-9,15H. The minimum Gasteiger partial charge on any atom is -0.288 e. The molecule has 108 valence electrons. The van der Waals surface area contributed by atoms with Crippen molar-refractivity contribution in [2.75, 3.05) is 4.90 Å². The number of hydrogen-bond acceptors (Lipinski definition) is 2. The van der Waals surface area contributed by atoms with Gasteiger partial charge in [0.15, 0.2) is 0 Å². The molecule has 5 heteroatoms. The normalized spacial score (nSPS) is 16.0. The van der Waals surface area contributed by atoms with Gasteiger partial charge in [0.2, 0.25) is 0 Å². The second kappa shape index (κ2) is 5.63. The van der Waals surface area contributed by atoms with E-state index < -0.39 is 11.9 Å². The van der Waals surface area contributed by atoms with E-state index in [2.05, 4.69) is 6.07 Å². The lowest BCUT2D eigenvalue weighted by atomic mass is 10.0. The molecule has 0 saturated carbocycles. The maximum atomic E-state index is 13.4. The number of halogens is 2. The molecule has 1 amide bonds. The zero-order valence-electron chi connectivity index (χ0n) is 11.3. The average Bonchev–Trinajstić information content (AvgIpc) is 2.53. The summed E-state index contributed by atoms with van der Waals surface area (Å²) in [4.78, 5) is 14.1. The molecule has 2 aromatic rings. The van der Waals surface area contributed by atoms with Gasteiger partial charge in [0, 0.05) is 16.1 Å². The smallest absolute Gasteiger partial charge is 0.259 e. The van der Waals surface area contributed by atoms with E-state index in [0.717, 1.165) is 0 Å². The van der Waals surface area contributed by atoms with Crippen molar-refractivity contribution < 1.29 is 9.18 Å². The highest BCUT2D eigenvalue weighted by Crippen LogP contribution is 2.31. The first kappa shape index (κ1) is 14.3. The number of hydrogen-bond donors (Lipinski definition) is 0. The summed E-state index contributed by atoms with van der Waals surface area (Å²) in [6.45, 7) is 0. The minimum absolute atomic E-state index is 0.333. The van der Waals surface area contributed by atoms with Crippen LogP contribution in [0, 0.1) is 17.1 Å². The molecular formula is C17H10ClFN2O. The molecule has 3 nitrogen and oxygen atoms in total. The van der Waals surface area contributed by atoms with E-state index in [1.54, 1.807) is 36.4 Å². The molecule has 1 heterocycles. The number of amides is 1. The Morgan fingerprint density at radius 2 is 1.95 bits per heavy atom. The molecule has 0 aliphatic carbocycles. The summed E-state index contributed by atoms with van der Waals surface area (Å²) in [5, 5.41) is 9.81. The highest BCUT2D eigenvalue weighted by atomic mass is 35.5. The molecule has 2 aromatic carbocycles. The van der Waals surface area contributed by atoms with Crippen LogP contribution in [0.1, 0.15) is 15.9 Å². The Morgan fingerprint density at radius 3 is 2.64 bits per heavy atom. The first-order valence-electron chi connectivity index (χ1n) is 6.56. The fourth-order valence-corrected chi connectivity index (χ4v) is 2.50. The molecule has 1 aliphatic rings. The molecule has 1 atom stereocenters. The fraction of sp³-hybridized carbons (Fsp3) is 0.0588. The summed E-state index contributed by atoms with van der Waals surface area (Å²) >= 11 is 5.83. The third kappa shape index (κ3) is 2.47.